The third-order valence-electron chi connectivity index (χ3n) is 2.67. The second-order valence-corrected chi connectivity index (χ2v) is 5.57. The number of anilines is 1. The van der Waals surface area contributed by atoms with E-state index in [0.29, 0.717) is 6.29 Å². The molecule has 0 atom stereocenters. The van der Waals surface area contributed by atoms with Crippen LogP contribution in [0.5, 0.6) is 0 Å². The first-order valence-electron chi connectivity index (χ1n) is 5.78. The molecule has 0 fully saturated rings. The maximum Gasteiger partial charge on any atom is 0.413 e. The summed E-state index contributed by atoms with van der Waals surface area (Å²) in [7, 11) is 0. The number of nitrogens with zero attached hydrogens (tertiary/aromatic N) is 4. The molecule has 0 bridgehead atoms. The number of carboxylic acid groups (broad SMARTS) is 1. The highest BCUT2D eigenvalue weighted by Gasteiger charge is 2.31. The molecule has 2 heterocycles. The van der Waals surface area contributed by atoms with Crippen molar-refractivity contribution in [3.63, 3.8) is 0 Å². The number of carbonyl (C=O) groups excluding carboxylic acids is 1. The molecule has 0 aromatic carbocycles. The number of aldehydes is 1. The van der Waals surface area contributed by atoms with Crippen molar-refractivity contribution >= 4 is 35.4 Å². The topological polar surface area (TPSA) is 87.8 Å². The molecule has 0 unspecified atom stereocenters. The van der Waals surface area contributed by atoms with Gasteiger partial charge in [0.05, 0.1) is 11.8 Å². The van der Waals surface area contributed by atoms with Crippen molar-refractivity contribution in [2.24, 2.45) is 0 Å². The number of fused-ring (bicyclic) bond motifs is 1. The van der Waals surface area contributed by atoms with Crippen molar-refractivity contribution < 1.29 is 14.7 Å². The predicted molar refractivity (Wildman–Crippen MR) is 73.6 cm³/mol. The van der Waals surface area contributed by atoms with Crippen LogP contribution in [-0.2, 0) is 0 Å². The summed E-state index contributed by atoms with van der Waals surface area (Å²) in [6.07, 6.45) is 0.763. The first-order valence-corrected chi connectivity index (χ1v) is 6.16. The van der Waals surface area contributed by atoms with Gasteiger partial charge in [0.15, 0.2) is 11.9 Å². The second kappa shape index (κ2) is 4.75. The Balaban J connectivity index is 2.79. The van der Waals surface area contributed by atoms with Gasteiger partial charge >= 0.3 is 6.09 Å². The van der Waals surface area contributed by atoms with Crippen molar-refractivity contribution in [3.05, 3.63) is 23.0 Å². The van der Waals surface area contributed by atoms with Gasteiger partial charge in [-0.3, -0.25) is 9.69 Å². The number of halogens is 1. The fourth-order valence-corrected chi connectivity index (χ4v) is 2.08. The molecule has 0 radical (unpaired) electrons. The highest BCUT2D eigenvalue weighted by atomic mass is 35.5. The van der Waals surface area contributed by atoms with Gasteiger partial charge in [-0.15, -0.1) is 0 Å². The summed E-state index contributed by atoms with van der Waals surface area (Å²) in [4.78, 5) is 27.6. The molecule has 20 heavy (non-hydrogen) atoms. The Hall–Kier alpha value is -2.15. The maximum atomic E-state index is 11.5. The third kappa shape index (κ3) is 2.32. The third-order valence-corrected chi connectivity index (χ3v) is 2.86. The molecule has 1 amide bonds. The first-order chi connectivity index (χ1) is 9.25. The average Bonchev–Trinajstić information content (AvgIpc) is 2.69. The fraction of sp³-hybridized carbons (Fsp3) is 0.333. The predicted octanol–water partition coefficient (Wildman–Crippen LogP) is 2.48. The molecule has 1 N–H and O–H groups in total. The molecule has 7 nitrogen and oxygen atoms in total. The smallest absolute Gasteiger partial charge is 0.413 e. The van der Waals surface area contributed by atoms with E-state index in [9.17, 15) is 14.7 Å². The van der Waals surface area contributed by atoms with E-state index in [1.807, 2.05) is 0 Å². The van der Waals surface area contributed by atoms with E-state index in [0.717, 1.165) is 4.90 Å². The first kappa shape index (κ1) is 14.3. The van der Waals surface area contributed by atoms with Crippen molar-refractivity contribution in [1.82, 2.24) is 14.6 Å². The van der Waals surface area contributed by atoms with Crippen LogP contribution < -0.4 is 4.90 Å². The fourth-order valence-electron chi connectivity index (χ4n) is 1.91. The average molecular weight is 297 g/mol. The van der Waals surface area contributed by atoms with Gasteiger partial charge in [-0.05, 0) is 20.8 Å². The molecule has 0 saturated heterocycles. The van der Waals surface area contributed by atoms with E-state index >= 15 is 0 Å². The quantitative estimate of drug-likeness (QED) is 0.679. The van der Waals surface area contributed by atoms with Gasteiger partial charge in [0, 0.05) is 11.6 Å². The van der Waals surface area contributed by atoms with Gasteiger partial charge in [0.25, 0.3) is 0 Å². The van der Waals surface area contributed by atoms with Crippen molar-refractivity contribution in [3.8, 4) is 0 Å². The van der Waals surface area contributed by atoms with Gasteiger partial charge in [-0.2, -0.15) is 9.61 Å². The molecular weight excluding hydrogens is 284 g/mol. The Labute approximate surface area is 119 Å². The van der Waals surface area contributed by atoms with Crippen LogP contribution in [-0.4, -0.2) is 37.6 Å². The van der Waals surface area contributed by atoms with Gasteiger partial charge in [0.1, 0.15) is 11.0 Å². The molecule has 2 rings (SSSR count). The lowest BCUT2D eigenvalue weighted by molar-refractivity contribution is 0.112. The largest absolute Gasteiger partial charge is 0.465 e. The lowest BCUT2D eigenvalue weighted by atomic mass is 10.1. The Morgan fingerprint density at radius 3 is 2.65 bits per heavy atom. The molecule has 8 heteroatoms. The van der Waals surface area contributed by atoms with Crippen LogP contribution in [0.15, 0.2) is 12.3 Å². The van der Waals surface area contributed by atoms with Crippen molar-refractivity contribution in [2.45, 2.75) is 26.3 Å². The normalized spacial score (nSPS) is 11.6. The molecular formula is C12H13ClN4O3. The monoisotopic (exact) mass is 296 g/mol. The Kier molecular flexibility index (Phi) is 3.39. The van der Waals surface area contributed by atoms with E-state index in [1.54, 1.807) is 20.8 Å². The lowest BCUT2D eigenvalue weighted by Gasteiger charge is -2.32. The molecule has 2 aromatic heterocycles. The van der Waals surface area contributed by atoms with Crippen molar-refractivity contribution in [1.29, 1.82) is 0 Å². The molecule has 106 valence electrons. The van der Waals surface area contributed by atoms with Crippen LogP contribution in [0.25, 0.3) is 5.65 Å². The molecule has 0 aliphatic carbocycles. The van der Waals surface area contributed by atoms with Gasteiger partial charge < -0.3 is 5.11 Å². The maximum absolute atomic E-state index is 11.5. The summed E-state index contributed by atoms with van der Waals surface area (Å²) >= 11 is 5.92. The van der Waals surface area contributed by atoms with E-state index in [2.05, 4.69) is 10.1 Å². The zero-order chi connectivity index (χ0) is 15.1. The van der Waals surface area contributed by atoms with E-state index in [4.69, 9.17) is 11.6 Å². The summed E-state index contributed by atoms with van der Waals surface area (Å²) in [5.74, 6) is 0.230. The Bertz CT molecular complexity index is 690. The lowest BCUT2D eigenvalue weighted by Crippen LogP contribution is -2.46. The van der Waals surface area contributed by atoms with E-state index in [-0.39, 0.29) is 22.2 Å². The highest BCUT2D eigenvalue weighted by Crippen LogP contribution is 2.27. The van der Waals surface area contributed by atoms with E-state index in [1.165, 1.54) is 16.8 Å². The zero-order valence-electron chi connectivity index (χ0n) is 11.2. The van der Waals surface area contributed by atoms with Crippen LogP contribution in [0, 0.1) is 0 Å². The minimum Gasteiger partial charge on any atom is -0.465 e. The summed E-state index contributed by atoms with van der Waals surface area (Å²) in [5, 5.41) is 13.5. The van der Waals surface area contributed by atoms with Crippen LogP contribution in [0.4, 0.5) is 10.6 Å². The number of aromatic nitrogens is 3. The van der Waals surface area contributed by atoms with E-state index < -0.39 is 11.6 Å². The van der Waals surface area contributed by atoms with Crippen LogP contribution in [0.3, 0.4) is 0 Å². The number of hydrogen-bond donors (Lipinski definition) is 1. The number of amides is 1. The number of carbonyl (C=O) groups is 2. The zero-order valence-corrected chi connectivity index (χ0v) is 11.9. The summed E-state index contributed by atoms with van der Waals surface area (Å²) < 4.78 is 1.29. The number of hydrogen-bond acceptors (Lipinski definition) is 4. The van der Waals surface area contributed by atoms with Crippen LogP contribution >= 0.6 is 11.6 Å². The molecule has 0 aliphatic rings. The molecule has 0 spiro atoms. The minimum absolute atomic E-state index is 0.0894. The summed E-state index contributed by atoms with van der Waals surface area (Å²) in [5.41, 5.74) is -0.248. The number of rotatable bonds is 2. The second-order valence-electron chi connectivity index (χ2n) is 5.18. The Morgan fingerprint density at radius 1 is 1.50 bits per heavy atom. The molecule has 0 saturated carbocycles. The summed E-state index contributed by atoms with van der Waals surface area (Å²) in [6, 6.07) is 1.40. The van der Waals surface area contributed by atoms with Gasteiger partial charge in [-0.25, -0.2) is 9.78 Å². The van der Waals surface area contributed by atoms with Crippen LogP contribution in [0.2, 0.25) is 5.15 Å². The molecule has 2 aromatic rings. The molecule has 0 aliphatic heterocycles. The standard InChI is InChI=1S/C12H13ClN4O3/c1-12(2,3)16(11(19)20)9-4-8(13)15-10-7(6-18)5-14-17(9)10/h4-6H,1-3H3,(H,19,20). The Morgan fingerprint density at radius 2 is 2.15 bits per heavy atom. The van der Waals surface area contributed by atoms with Crippen LogP contribution in [0.1, 0.15) is 31.1 Å². The van der Waals surface area contributed by atoms with Crippen molar-refractivity contribution in [2.75, 3.05) is 4.90 Å². The van der Waals surface area contributed by atoms with Gasteiger partial charge in [-0.1, -0.05) is 11.6 Å². The van der Waals surface area contributed by atoms with Gasteiger partial charge in [0.2, 0.25) is 0 Å². The summed E-state index contributed by atoms with van der Waals surface area (Å²) in [6.45, 7) is 5.22. The SMILES string of the molecule is CC(C)(C)N(C(=O)O)c1cc(Cl)nc2c(C=O)cnn12. The minimum atomic E-state index is -1.15. The highest BCUT2D eigenvalue weighted by molar-refractivity contribution is 6.29.